The Kier molecular flexibility index (Phi) is 4.09. The first-order valence-corrected chi connectivity index (χ1v) is 7.55. The highest BCUT2D eigenvalue weighted by Gasteiger charge is 2.29. The lowest BCUT2D eigenvalue weighted by molar-refractivity contribution is -0.117. The average molecular weight is 298 g/mol. The number of nitrogens with one attached hydrogen (secondary N) is 2. The van der Waals surface area contributed by atoms with E-state index in [1.54, 1.807) is 12.1 Å². The molecule has 4 heteroatoms. The standard InChI is InChI=1S/C18H19FN2O/c1-12(16-4-2-3-5-17(16)19)20-14-8-10-15(11-9-14)21-18(22)13-6-7-13/h2-5,8-13,20H,6-7H2,1H3,(H,21,22). The summed E-state index contributed by atoms with van der Waals surface area (Å²) in [7, 11) is 0. The summed E-state index contributed by atoms with van der Waals surface area (Å²) in [6.45, 7) is 1.92. The third-order valence-electron chi connectivity index (χ3n) is 3.86. The molecular weight excluding hydrogens is 279 g/mol. The van der Waals surface area contributed by atoms with E-state index >= 15 is 0 Å². The van der Waals surface area contributed by atoms with E-state index < -0.39 is 0 Å². The summed E-state index contributed by atoms with van der Waals surface area (Å²) in [6.07, 6.45) is 1.98. The highest BCUT2D eigenvalue weighted by molar-refractivity contribution is 5.94. The molecule has 0 aliphatic heterocycles. The molecule has 0 saturated heterocycles. The third kappa shape index (κ3) is 3.45. The topological polar surface area (TPSA) is 41.1 Å². The number of rotatable bonds is 5. The van der Waals surface area contributed by atoms with Crippen LogP contribution in [0.5, 0.6) is 0 Å². The average Bonchev–Trinajstić information content (AvgIpc) is 3.34. The van der Waals surface area contributed by atoms with Gasteiger partial charge in [0.05, 0.1) is 6.04 Å². The molecule has 3 rings (SSSR count). The smallest absolute Gasteiger partial charge is 0.227 e. The van der Waals surface area contributed by atoms with E-state index in [2.05, 4.69) is 10.6 Å². The first-order chi connectivity index (χ1) is 10.6. The van der Waals surface area contributed by atoms with Crippen LogP contribution < -0.4 is 10.6 Å². The molecule has 0 aromatic heterocycles. The van der Waals surface area contributed by atoms with Crippen molar-refractivity contribution in [2.24, 2.45) is 5.92 Å². The van der Waals surface area contributed by atoms with E-state index in [9.17, 15) is 9.18 Å². The molecule has 1 aliphatic rings. The molecule has 2 N–H and O–H groups in total. The summed E-state index contributed by atoms with van der Waals surface area (Å²) < 4.78 is 13.7. The van der Waals surface area contributed by atoms with Gasteiger partial charge in [0.2, 0.25) is 5.91 Å². The number of halogens is 1. The molecule has 22 heavy (non-hydrogen) atoms. The Balaban J connectivity index is 1.63. The zero-order valence-corrected chi connectivity index (χ0v) is 12.5. The van der Waals surface area contributed by atoms with Crippen molar-refractivity contribution < 1.29 is 9.18 Å². The Morgan fingerprint density at radius 1 is 1.09 bits per heavy atom. The Hall–Kier alpha value is -2.36. The normalized spacial score (nSPS) is 15.2. The van der Waals surface area contributed by atoms with Crippen LogP contribution in [0.1, 0.15) is 31.4 Å². The maximum atomic E-state index is 13.7. The minimum atomic E-state index is -0.212. The minimum Gasteiger partial charge on any atom is -0.378 e. The summed E-state index contributed by atoms with van der Waals surface area (Å²) in [5, 5.41) is 6.16. The van der Waals surface area contributed by atoms with Crippen molar-refractivity contribution in [3.63, 3.8) is 0 Å². The van der Waals surface area contributed by atoms with Gasteiger partial charge in [-0.15, -0.1) is 0 Å². The Morgan fingerprint density at radius 2 is 1.73 bits per heavy atom. The maximum absolute atomic E-state index is 13.7. The van der Waals surface area contributed by atoms with Crippen LogP contribution >= 0.6 is 0 Å². The second-order valence-corrected chi connectivity index (χ2v) is 5.73. The molecule has 0 bridgehead atoms. The van der Waals surface area contributed by atoms with Crippen LogP contribution in [-0.4, -0.2) is 5.91 Å². The zero-order valence-electron chi connectivity index (χ0n) is 12.5. The van der Waals surface area contributed by atoms with Crippen LogP contribution in [0, 0.1) is 11.7 Å². The van der Waals surface area contributed by atoms with Gasteiger partial charge >= 0.3 is 0 Å². The molecule has 3 nitrogen and oxygen atoms in total. The fraction of sp³-hybridized carbons (Fsp3) is 0.278. The highest BCUT2D eigenvalue weighted by Crippen LogP contribution is 2.30. The summed E-state index contributed by atoms with van der Waals surface area (Å²) in [5.41, 5.74) is 2.31. The van der Waals surface area contributed by atoms with Crippen molar-refractivity contribution in [2.45, 2.75) is 25.8 Å². The molecule has 1 amide bonds. The predicted octanol–water partition coefficient (Wildman–Crippen LogP) is 4.35. The van der Waals surface area contributed by atoms with E-state index in [4.69, 9.17) is 0 Å². The van der Waals surface area contributed by atoms with E-state index in [1.165, 1.54) is 6.07 Å². The van der Waals surface area contributed by atoms with Gasteiger partial charge in [-0.2, -0.15) is 0 Å². The zero-order chi connectivity index (χ0) is 15.5. The molecule has 1 fully saturated rings. The fourth-order valence-electron chi connectivity index (χ4n) is 2.39. The van der Waals surface area contributed by atoms with Crippen LogP contribution in [0.3, 0.4) is 0 Å². The van der Waals surface area contributed by atoms with Crippen molar-refractivity contribution >= 4 is 17.3 Å². The molecule has 1 unspecified atom stereocenters. The van der Waals surface area contributed by atoms with E-state index in [-0.39, 0.29) is 23.7 Å². The summed E-state index contributed by atoms with van der Waals surface area (Å²) in [6, 6.07) is 14.1. The third-order valence-corrected chi connectivity index (χ3v) is 3.86. The number of hydrogen-bond donors (Lipinski definition) is 2. The van der Waals surface area contributed by atoms with Gasteiger partial charge in [-0.25, -0.2) is 4.39 Å². The molecule has 2 aromatic rings. The van der Waals surface area contributed by atoms with E-state index in [0.717, 1.165) is 24.2 Å². The largest absolute Gasteiger partial charge is 0.378 e. The molecule has 1 aliphatic carbocycles. The molecule has 0 spiro atoms. The summed E-state index contributed by atoms with van der Waals surface area (Å²) in [4.78, 5) is 11.7. The van der Waals surface area contributed by atoms with Crippen LogP contribution in [0.25, 0.3) is 0 Å². The number of benzene rings is 2. The molecular formula is C18H19FN2O. The quantitative estimate of drug-likeness (QED) is 0.861. The van der Waals surface area contributed by atoms with Gasteiger partial charge in [0.25, 0.3) is 0 Å². The molecule has 1 saturated carbocycles. The van der Waals surface area contributed by atoms with Gasteiger partial charge in [0.15, 0.2) is 0 Å². The van der Waals surface area contributed by atoms with Gasteiger partial charge < -0.3 is 10.6 Å². The van der Waals surface area contributed by atoms with Gasteiger partial charge in [-0.05, 0) is 50.1 Å². The molecule has 114 valence electrons. The van der Waals surface area contributed by atoms with Crippen LogP contribution in [0.4, 0.5) is 15.8 Å². The van der Waals surface area contributed by atoms with Crippen molar-refractivity contribution in [2.75, 3.05) is 10.6 Å². The van der Waals surface area contributed by atoms with Crippen molar-refractivity contribution in [3.05, 3.63) is 59.9 Å². The first-order valence-electron chi connectivity index (χ1n) is 7.55. The molecule has 2 aromatic carbocycles. The lowest BCUT2D eigenvalue weighted by Gasteiger charge is -2.16. The first kappa shape index (κ1) is 14.6. The van der Waals surface area contributed by atoms with E-state index in [1.807, 2.05) is 37.3 Å². The van der Waals surface area contributed by atoms with Crippen molar-refractivity contribution in [3.8, 4) is 0 Å². The number of carbonyl (C=O) groups is 1. The summed E-state index contributed by atoms with van der Waals surface area (Å²) >= 11 is 0. The fourth-order valence-corrected chi connectivity index (χ4v) is 2.39. The Morgan fingerprint density at radius 3 is 2.36 bits per heavy atom. The summed E-state index contributed by atoms with van der Waals surface area (Å²) in [5.74, 6) is 0.0788. The van der Waals surface area contributed by atoms with Crippen LogP contribution in [0.15, 0.2) is 48.5 Å². The minimum absolute atomic E-state index is 0.0976. The number of anilines is 2. The highest BCUT2D eigenvalue weighted by atomic mass is 19.1. The lowest BCUT2D eigenvalue weighted by Crippen LogP contribution is -2.13. The van der Waals surface area contributed by atoms with E-state index in [0.29, 0.717) is 5.56 Å². The lowest BCUT2D eigenvalue weighted by atomic mass is 10.1. The SMILES string of the molecule is CC(Nc1ccc(NC(=O)C2CC2)cc1)c1ccccc1F. The van der Waals surface area contributed by atoms with Crippen molar-refractivity contribution in [1.29, 1.82) is 0 Å². The Bertz CT molecular complexity index is 665. The molecule has 1 atom stereocenters. The van der Waals surface area contributed by atoms with Gasteiger partial charge in [0.1, 0.15) is 5.82 Å². The second-order valence-electron chi connectivity index (χ2n) is 5.73. The number of amides is 1. The van der Waals surface area contributed by atoms with Gasteiger partial charge in [0, 0.05) is 22.9 Å². The monoisotopic (exact) mass is 298 g/mol. The van der Waals surface area contributed by atoms with Crippen LogP contribution in [0.2, 0.25) is 0 Å². The molecule has 0 radical (unpaired) electrons. The van der Waals surface area contributed by atoms with Gasteiger partial charge in [-0.3, -0.25) is 4.79 Å². The predicted molar refractivity (Wildman–Crippen MR) is 86.2 cm³/mol. The van der Waals surface area contributed by atoms with Crippen molar-refractivity contribution in [1.82, 2.24) is 0 Å². The van der Waals surface area contributed by atoms with Crippen LogP contribution in [-0.2, 0) is 4.79 Å². The number of carbonyl (C=O) groups excluding carboxylic acids is 1. The Labute approximate surface area is 129 Å². The second kappa shape index (κ2) is 6.18. The maximum Gasteiger partial charge on any atom is 0.227 e. The molecule has 0 heterocycles. The van der Waals surface area contributed by atoms with Gasteiger partial charge in [-0.1, -0.05) is 18.2 Å². The number of hydrogen-bond acceptors (Lipinski definition) is 2.